The smallest absolute Gasteiger partial charge is 0.327 e. The van der Waals surface area contributed by atoms with Crippen LogP contribution >= 0.6 is 0 Å². The monoisotopic (exact) mass is 410 g/mol. The maximum Gasteiger partial charge on any atom is 0.327 e. The summed E-state index contributed by atoms with van der Waals surface area (Å²) in [7, 11) is 0. The second kappa shape index (κ2) is 8.38. The molecule has 10 nitrogen and oxygen atoms in total. The van der Waals surface area contributed by atoms with Gasteiger partial charge in [0.1, 0.15) is 12.1 Å². The summed E-state index contributed by atoms with van der Waals surface area (Å²) in [6.45, 7) is 7.86. The van der Waals surface area contributed by atoms with E-state index in [2.05, 4.69) is 16.0 Å². The van der Waals surface area contributed by atoms with Gasteiger partial charge in [0.2, 0.25) is 0 Å². The molecule has 0 aromatic rings. The van der Waals surface area contributed by atoms with Gasteiger partial charge in [0.05, 0.1) is 0 Å². The summed E-state index contributed by atoms with van der Waals surface area (Å²) in [5.74, 6) is -2.18. The van der Waals surface area contributed by atoms with Crippen LogP contribution in [-0.4, -0.2) is 58.5 Å². The third-order valence-electron chi connectivity index (χ3n) is 5.19. The Morgan fingerprint density at radius 2 is 1.93 bits per heavy atom. The van der Waals surface area contributed by atoms with Crippen LogP contribution in [0.4, 0.5) is 9.59 Å². The molecule has 3 atom stereocenters. The molecule has 0 unspecified atom stereocenters. The summed E-state index contributed by atoms with van der Waals surface area (Å²) >= 11 is 0. The zero-order chi connectivity index (χ0) is 22.0. The molecule has 1 saturated carbocycles. The van der Waals surface area contributed by atoms with Gasteiger partial charge < -0.3 is 15.4 Å². The molecule has 1 aliphatic carbocycles. The van der Waals surface area contributed by atoms with Gasteiger partial charge in [-0.25, -0.2) is 9.59 Å². The van der Waals surface area contributed by atoms with Gasteiger partial charge >= 0.3 is 18.0 Å². The number of nitrogens with one attached hydrogen (secondary N) is 3. The summed E-state index contributed by atoms with van der Waals surface area (Å²) in [4.78, 5) is 61.9. The molecule has 0 radical (unpaired) electrons. The minimum atomic E-state index is -1.27. The van der Waals surface area contributed by atoms with Gasteiger partial charge in [0.25, 0.3) is 11.8 Å². The second-order valence-corrected chi connectivity index (χ2v) is 8.77. The Hall–Kier alpha value is -2.65. The molecule has 1 heterocycles. The number of imide groups is 2. The van der Waals surface area contributed by atoms with Crippen LogP contribution < -0.4 is 16.0 Å². The second-order valence-electron chi connectivity index (χ2n) is 8.77. The lowest BCUT2D eigenvalue weighted by atomic mass is 9.73. The minimum Gasteiger partial charge on any atom is -0.451 e. The van der Waals surface area contributed by atoms with E-state index >= 15 is 0 Å². The predicted molar refractivity (Wildman–Crippen MR) is 103 cm³/mol. The van der Waals surface area contributed by atoms with Crippen molar-refractivity contribution in [2.75, 3.05) is 6.54 Å². The van der Waals surface area contributed by atoms with Gasteiger partial charge in [0, 0.05) is 5.54 Å². The topological polar surface area (TPSA) is 134 Å². The molecule has 1 aliphatic heterocycles. The van der Waals surface area contributed by atoms with Gasteiger partial charge in [-0.05, 0) is 46.5 Å². The summed E-state index contributed by atoms with van der Waals surface area (Å²) in [5, 5.41) is 7.37. The van der Waals surface area contributed by atoms with Crippen LogP contribution in [0.5, 0.6) is 0 Å². The highest BCUT2D eigenvalue weighted by molar-refractivity contribution is 6.09. The molecule has 162 valence electrons. The Morgan fingerprint density at radius 1 is 1.28 bits per heavy atom. The Bertz CT molecular complexity index is 716. The average Bonchev–Trinajstić information content (AvgIpc) is 2.80. The van der Waals surface area contributed by atoms with Crippen molar-refractivity contribution in [3.05, 3.63) is 0 Å². The van der Waals surface area contributed by atoms with Crippen molar-refractivity contribution in [3.8, 4) is 0 Å². The Labute approximate surface area is 170 Å². The zero-order valence-electron chi connectivity index (χ0n) is 17.6. The average molecular weight is 410 g/mol. The molecule has 29 heavy (non-hydrogen) atoms. The van der Waals surface area contributed by atoms with Crippen molar-refractivity contribution >= 4 is 29.8 Å². The first-order valence-corrected chi connectivity index (χ1v) is 9.82. The molecule has 0 aromatic heterocycles. The zero-order valence-corrected chi connectivity index (χ0v) is 17.6. The van der Waals surface area contributed by atoms with Crippen molar-refractivity contribution in [2.24, 2.45) is 5.92 Å². The number of nitrogens with zero attached hydrogens (tertiary/aromatic N) is 1. The molecular weight excluding hydrogens is 380 g/mol. The van der Waals surface area contributed by atoms with Gasteiger partial charge in [-0.1, -0.05) is 19.8 Å². The lowest BCUT2D eigenvalue weighted by Gasteiger charge is -2.36. The lowest BCUT2D eigenvalue weighted by Crippen LogP contribution is -2.54. The Morgan fingerprint density at radius 3 is 2.52 bits per heavy atom. The fourth-order valence-corrected chi connectivity index (χ4v) is 3.64. The van der Waals surface area contributed by atoms with E-state index in [-0.39, 0.29) is 5.92 Å². The Balaban J connectivity index is 1.91. The minimum absolute atomic E-state index is 0.0280. The van der Waals surface area contributed by atoms with Gasteiger partial charge in [-0.2, -0.15) is 0 Å². The van der Waals surface area contributed by atoms with Crippen LogP contribution in [0.2, 0.25) is 0 Å². The van der Waals surface area contributed by atoms with Crippen molar-refractivity contribution in [3.63, 3.8) is 0 Å². The fourth-order valence-electron chi connectivity index (χ4n) is 3.64. The number of ether oxygens (including phenoxy) is 1. The van der Waals surface area contributed by atoms with Crippen LogP contribution in [0.1, 0.15) is 60.3 Å². The molecule has 10 heteroatoms. The summed E-state index contributed by atoms with van der Waals surface area (Å²) < 4.78 is 5.00. The maximum absolute atomic E-state index is 12.8. The van der Waals surface area contributed by atoms with E-state index in [1.165, 1.54) is 6.92 Å². The van der Waals surface area contributed by atoms with Crippen molar-refractivity contribution in [1.82, 2.24) is 20.9 Å². The SMILES string of the molecule is C[C@H](OC(=O)CN1C(=O)N[C@@]2(CCCC[C@H]2C)C1=O)C(=O)NC(=O)NC(C)(C)C. The third-order valence-corrected chi connectivity index (χ3v) is 5.19. The molecule has 2 rings (SSSR count). The van der Waals surface area contributed by atoms with Gasteiger partial charge in [0.15, 0.2) is 6.10 Å². The van der Waals surface area contributed by atoms with Crippen LogP contribution in [0, 0.1) is 5.92 Å². The first-order chi connectivity index (χ1) is 13.4. The maximum atomic E-state index is 12.8. The summed E-state index contributed by atoms with van der Waals surface area (Å²) in [5.41, 5.74) is -1.51. The summed E-state index contributed by atoms with van der Waals surface area (Å²) in [6, 6.07) is -1.35. The molecule has 2 fully saturated rings. The molecule has 2 aliphatic rings. The molecule has 3 N–H and O–H groups in total. The fraction of sp³-hybridized carbons (Fsp3) is 0.737. The summed E-state index contributed by atoms with van der Waals surface area (Å²) in [6.07, 6.45) is 1.90. The van der Waals surface area contributed by atoms with Gasteiger partial charge in [-0.3, -0.25) is 24.6 Å². The van der Waals surface area contributed by atoms with Crippen molar-refractivity contribution < 1.29 is 28.7 Å². The highest BCUT2D eigenvalue weighted by Crippen LogP contribution is 2.38. The highest BCUT2D eigenvalue weighted by Gasteiger charge is 2.55. The third kappa shape index (κ3) is 5.24. The van der Waals surface area contributed by atoms with Crippen molar-refractivity contribution in [1.29, 1.82) is 0 Å². The number of hydrogen-bond donors (Lipinski definition) is 3. The molecule has 0 bridgehead atoms. The Kier molecular flexibility index (Phi) is 6.54. The lowest BCUT2D eigenvalue weighted by molar-refractivity contribution is -0.156. The largest absolute Gasteiger partial charge is 0.451 e. The number of urea groups is 2. The predicted octanol–water partition coefficient (Wildman–Crippen LogP) is 1.04. The number of hydrogen-bond acceptors (Lipinski definition) is 6. The van der Waals surface area contributed by atoms with E-state index in [0.717, 1.165) is 24.2 Å². The van der Waals surface area contributed by atoms with E-state index in [0.29, 0.717) is 6.42 Å². The molecule has 0 aromatic carbocycles. The van der Waals surface area contributed by atoms with Crippen molar-refractivity contribution in [2.45, 2.75) is 77.5 Å². The number of esters is 1. The highest BCUT2D eigenvalue weighted by atomic mass is 16.5. The standard InChI is InChI=1S/C19H30N4O6/c1-11-8-6-7-9-19(11)15(26)23(17(28)22-19)10-13(24)29-12(2)14(25)20-16(27)21-18(3,4)5/h11-12H,6-10H2,1-5H3,(H,22,28)(H2,20,21,25,27)/t11-,12+,19-/m1/s1. The number of carbonyl (C=O) groups excluding carboxylic acids is 5. The number of carbonyl (C=O) groups is 5. The molecule has 6 amide bonds. The molecule has 1 saturated heterocycles. The van der Waals surface area contributed by atoms with Crippen LogP contribution in [0.25, 0.3) is 0 Å². The normalized spacial score (nSPS) is 25.4. The van der Waals surface area contributed by atoms with Crippen LogP contribution in [-0.2, 0) is 19.1 Å². The first-order valence-electron chi connectivity index (χ1n) is 9.82. The molecular formula is C19H30N4O6. The van der Waals surface area contributed by atoms with Gasteiger partial charge in [-0.15, -0.1) is 0 Å². The van der Waals surface area contributed by atoms with E-state index in [1.807, 2.05) is 6.92 Å². The van der Waals surface area contributed by atoms with E-state index in [9.17, 15) is 24.0 Å². The van der Waals surface area contributed by atoms with E-state index < -0.39 is 53.6 Å². The first kappa shape index (κ1) is 22.6. The number of amides is 6. The van der Waals surface area contributed by atoms with E-state index in [4.69, 9.17) is 4.74 Å². The van der Waals surface area contributed by atoms with Crippen LogP contribution in [0.3, 0.4) is 0 Å². The molecule has 1 spiro atoms. The van der Waals surface area contributed by atoms with Crippen LogP contribution in [0.15, 0.2) is 0 Å². The van der Waals surface area contributed by atoms with E-state index in [1.54, 1.807) is 20.8 Å². The number of rotatable bonds is 4. The quantitative estimate of drug-likeness (QED) is 0.468.